The molecule has 96 valence electrons. The van der Waals surface area contributed by atoms with Crippen LogP contribution in [0.15, 0.2) is 18.2 Å². The highest BCUT2D eigenvalue weighted by molar-refractivity contribution is 5.43. The van der Waals surface area contributed by atoms with Gasteiger partial charge in [0.1, 0.15) is 17.6 Å². The van der Waals surface area contributed by atoms with Crippen LogP contribution in [0.25, 0.3) is 0 Å². The van der Waals surface area contributed by atoms with Gasteiger partial charge in [0.05, 0.1) is 11.7 Å². The highest BCUT2D eigenvalue weighted by Gasteiger charge is 2.22. The highest BCUT2D eigenvalue weighted by atomic mass is 19.1. The van der Waals surface area contributed by atoms with Crippen LogP contribution in [0, 0.1) is 23.1 Å². The van der Waals surface area contributed by atoms with Gasteiger partial charge in [-0.15, -0.1) is 0 Å². The Bertz CT molecular complexity index is 448. The Balaban J connectivity index is 2.00. The van der Waals surface area contributed by atoms with Crippen molar-refractivity contribution in [3.8, 4) is 11.8 Å². The number of aliphatic hydroxyl groups excluding tert-OH is 1. The van der Waals surface area contributed by atoms with E-state index in [4.69, 9.17) is 15.1 Å². The Morgan fingerprint density at radius 1 is 1.33 bits per heavy atom. The lowest BCUT2D eigenvalue weighted by atomic mass is 9.88. The van der Waals surface area contributed by atoms with Crippen LogP contribution in [0.1, 0.15) is 31.2 Å². The molecule has 0 aromatic heterocycles. The Morgan fingerprint density at radius 3 is 2.67 bits per heavy atom. The van der Waals surface area contributed by atoms with Crippen molar-refractivity contribution in [2.75, 3.05) is 6.61 Å². The summed E-state index contributed by atoms with van der Waals surface area (Å²) in [5, 5.41) is 18.0. The molecule has 4 heteroatoms. The monoisotopic (exact) mass is 249 g/mol. The number of ether oxygens (including phenoxy) is 1. The fourth-order valence-corrected chi connectivity index (χ4v) is 2.30. The van der Waals surface area contributed by atoms with Crippen molar-refractivity contribution in [3.05, 3.63) is 29.6 Å². The second kappa shape index (κ2) is 5.83. The second-order valence-electron chi connectivity index (χ2n) is 4.70. The number of hydrogen-bond donors (Lipinski definition) is 1. The maximum absolute atomic E-state index is 13.0. The summed E-state index contributed by atoms with van der Waals surface area (Å²) in [6.45, 7) is 0.229. The zero-order chi connectivity index (χ0) is 13.0. The molecule has 1 aliphatic rings. The molecule has 3 nitrogen and oxygen atoms in total. The molecule has 0 amide bonds. The SMILES string of the molecule is N#Cc1cc(F)ccc1OC1CCC(CO)CC1. The summed E-state index contributed by atoms with van der Waals surface area (Å²) in [7, 11) is 0. The van der Waals surface area contributed by atoms with Gasteiger partial charge in [0, 0.05) is 6.61 Å². The predicted molar refractivity (Wildman–Crippen MR) is 64.6 cm³/mol. The van der Waals surface area contributed by atoms with E-state index in [0.29, 0.717) is 11.7 Å². The van der Waals surface area contributed by atoms with E-state index in [1.54, 1.807) is 0 Å². The van der Waals surface area contributed by atoms with Gasteiger partial charge in [0.25, 0.3) is 0 Å². The third-order valence-corrected chi connectivity index (χ3v) is 3.41. The quantitative estimate of drug-likeness (QED) is 0.895. The van der Waals surface area contributed by atoms with Crippen LogP contribution in [-0.2, 0) is 0 Å². The van der Waals surface area contributed by atoms with Gasteiger partial charge in [-0.3, -0.25) is 0 Å². The first-order chi connectivity index (χ1) is 8.72. The number of aliphatic hydroxyl groups is 1. The summed E-state index contributed by atoms with van der Waals surface area (Å²) in [6, 6.07) is 5.94. The Morgan fingerprint density at radius 2 is 2.06 bits per heavy atom. The van der Waals surface area contributed by atoms with Crippen LogP contribution in [0.2, 0.25) is 0 Å². The summed E-state index contributed by atoms with van der Waals surface area (Å²) in [5.41, 5.74) is 0.235. The lowest BCUT2D eigenvalue weighted by Gasteiger charge is -2.28. The predicted octanol–water partition coefficient (Wildman–Crippen LogP) is 2.63. The van der Waals surface area contributed by atoms with Crippen molar-refractivity contribution in [2.24, 2.45) is 5.92 Å². The van der Waals surface area contributed by atoms with Crippen LogP contribution in [-0.4, -0.2) is 17.8 Å². The summed E-state index contributed by atoms with van der Waals surface area (Å²) in [6.07, 6.45) is 3.67. The van der Waals surface area contributed by atoms with Crippen LogP contribution in [0.3, 0.4) is 0 Å². The van der Waals surface area contributed by atoms with E-state index in [0.717, 1.165) is 25.7 Å². The smallest absolute Gasteiger partial charge is 0.137 e. The third-order valence-electron chi connectivity index (χ3n) is 3.41. The van der Waals surface area contributed by atoms with E-state index in [1.807, 2.05) is 6.07 Å². The van der Waals surface area contributed by atoms with Crippen molar-refractivity contribution < 1.29 is 14.2 Å². The lowest BCUT2D eigenvalue weighted by molar-refractivity contribution is 0.104. The minimum atomic E-state index is -0.428. The molecule has 1 N–H and O–H groups in total. The molecule has 1 saturated carbocycles. The molecule has 0 heterocycles. The largest absolute Gasteiger partial charge is 0.489 e. The van der Waals surface area contributed by atoms with Crippen LogP contribution >= 0.6 is 0 Å². The maximum Gasteiger partial charge on any atom is 0.137 e. The molecule has 1 aromatic carbocycles. The summed E-state index contributed by atoms with van der Waals surface area (Å²) < 4.78 is 18.7. The average Bonchev–Trinajstić information content (AvgIpc) is 2.41. The molecule has 0 aliphatic heterocycles. The summed E-state index contributed by atoms with van der Waals surface area (Å²) in [4.78, 5) is 0. The fraction of sp³-hybridized carbons (Fsp3) is 0.500. The maximum atomic E-state index is 13.0. The van der Waals surface area contributed by atoms with Gasteiger partial charge >= 0.3 is 0 Å². The standard InChI is InChI=1S/C14H16FNO2/c15-12-3-6-14(11(7-12)8-16)18-13-4-1-10(9-17)2-5-13/h3,6-7,10,13,17H,1-2,4-5,9H2. The first-order valence-electron chi connectivity index (χ1n) is 6.20. The Kier molecular flexibility index (Phi) is 4.16. The molecule has 1 fully saturated rings. The first kappa shape index (κ1) is 12.8. The third kappa shape index (κ3) is 2.99. The highest BCUT2D eigenvalue weighted by Crippen LogP contribution is 2.28. The van der Waals surface area contributed by atoms with E-state index in [2.05, 4.69) is 0 Å². The molecule has 0 saturated heterocycles. The van der Waals surface area contributed by atoms with Crippen molar-refractivity contribution >= 4 is 0 Å². The van der Waals surface area contributed by atoms with Gasteiger partial charge in [0.2, 0.25) is 0 Å². The number of hydrogen-bond acceptors (Lipinski definition) is 3. The van der Waals surface area contributed by atoms with Crippen molar-refractivity contribution in [3.63, 3.8) is 0 Å². The Hall–Kier alpha value is -1.60. The molecule has 18 heavy (non-hydrogen) atoms. The molecule has 0 radical (unpaired) electrons. The zero-order valence-corrected chi connectivity index (χ0v) is 10.1. The first-order valence-corrected chi connectivity index (χ1v) is 6.20. The number of nitriles is 1. The van der Waals surface area contributed by atoms with Gasteiger partial charge in [0.15, 0.2) is 0 Å². The van der Waals surface area contributed by atoms with Gasteiger partial charge in [-0.05, 0) is 49.8 Å². The normalized spacial score (nSPS) is 23.4. The molecule has 2 rings (SSSR count). The lowest BCUT2D eigenvalue weighted by Crippen LogP contribution is -2.25. The van der Waals surface area contributed by atoms with Crippen LogP contribution in [0.5, 0.6) is 5.75 Å². The van der Waals surface area contributed by atoms with E-state index < -0.39 is 5.82 Å². The van der Waals surface area contributed by atoms with E-state index in [1.165, 1.54) is 18.2 Å². The zero-order valence-electron chi connectivity index (χ0n) is 10.1. The number of benzene rings is 1. The van der Waals surface area contributed by atoms with Crippen molar-refractivity contribution in [1.29, 1.82) is 5.26 Å². The molecular weight excluding hydrogens is 233 g/mol. The molecular formula is C14H16FNO2. The number of nitrogens with zero attached hydrogens (tertiary/aromatic N) is 1. The van der Waals surface area contributed by atoms with Gasteiger partial charge < -0.3 is 9.84 Å². The van der Waals surface area contributed by atoms with Crippen molar-refractivity contribution in [2.45, 2.75) is 31.8 Å². The second-order valence-corrected chi connectivity index (χ2v) is 4.70. The van der Waals surface area contributed by atoms with Gasteiger partial charge in [-0.2, -0.15) is 5.26 Å². The molecule has 0 spiro atoms. The molecule has 0 bridgehead atoms. The van der Waals surface area contributed by atoms with Gasteiger partial charge in [-0.25, -0.2) is 4.39 Å². The van der Waals surface area contributed by atoms with E-state index in [9.17, 15) is 4.39 Å². The summed E-state index contributed by atoms with van der Waals surface area (Å²) in [5.74, 6) is 0.391. The fourth-order valence-electron chi connectivity index (χ4n) is 2.30. The molecule has 0 atom stereocenters. The van der Waals surface area contributed by atoms with Gasteiger partial charge in [-0.1, -0.05) is 0 Å². The Labute approximate surface area is 106 Å². The van der Waals surface area contributed by atoms with Crippen molar-refractivity contribution in [1.82, 2.24) is 0 Å². The van der Waals surface area contributed by atoms with Crippen LogP contribution < -0.4 is 4.74 Å². The molecule has 0 unspecified atom stereocenters. The minimum absolute atomic E-state index is 0.0605. The molecule has 1 aromatic rings. The molecule has 1 aliphatic carbocycles. The van der Waals surface area contributed by atoms with E-state index >= 15 is 0 Å². The topological polar surface area (TPSA) is 53.2 Å². The van der Waals surface area contributed by atoms with Crippen LogP contribution in [0.4, 0.5) is 4.39 Å². The average molecular weight is 249 g/mol. The number of halogens is 1. The van der Waals surface area contributed by atoms with E-state index in [-0.39, 0.29) is 18.3 Å². The number of rotatable bonds is 3. The minimum Gasteiger partial charge on any atom is -0.489 e. The summed E-state index contributed by atoms with van der Waals surface area (Å²) >= 11 is 0.